The average Bonchev–Trinajstić information content (AvgIpc) is 3.63. The third-order valence-corrected chi connectivity index (χ3v) is 6.98. The molecule has 1 fully saturated rings. The number of β-amino-alcohol motifs (C(OH)–C–C–N with tert-alkyl or cyclic N) is 1. The molecule has 4 heterocycles. The summed E-state index contributed by atoms with van der Waals surface area (Å²) in [6.45, 7) is 0.682. The number of fused-ring (bicyclic) bond motifs is 3. The normalized spacial score (nSPS) is 16.9. The number of hydrogen-bond acceptors (Lipinski definition) is 7. The predicted molar refractivity (Wildman–Crippen MR) is 130 cm³/mol. The van der Waals surface area contributed by atoms with Crippen LogP contribution in [0.3, 0.4) is 0 Å². The summed E-state index contributed by atoms with van der Waals surface area (Å²) < 4.78 is 51.2. The molecule has 2 aliphatic heterocycles. The highest BCUT2D eigenvalue weighted by Crippen LogP contribution is 2.40. The fourth-order valence-electron chi connectivity index (χ4n) is 5.23. The van der Waals surface area contributed by atoms with Crippen molar-refractivity contribution in [3.8, 4) is 5.75 Å². The van der Waals surface area contributed by atoms with E-state index in [9.17, 15) is 27.9 Å². The summed E-state index contributed by atoms with van der Waals surface area (Å²) in [4.78, 5) is 33.6. The fourth-order valence-corrected chi connectivity index (χ4v) is 5.23. The summed E-state index contributed by atoms with van der Waals surface area (Å²) in [7, 11) is 1.65. The van der Waals surface area contributed by atoms with Crippen LogP contribution >= 0.6 is 0 Å². The molecule has 10 nitrogen and oxygen atoms in total. The zero-order valence-corrected chi connectivity index (χ0v) is 20.3. The van der Waals surface area contributed by atoms with Crippen molar-refractivity contribution < 1.29 is 23.0 Å². The van der Waals surface area contributed by atoms with Gasteiger partial charge in [0.2, 0.25) is 0 Å². The molecule has 0 aliphatic carbocycles. The largest absolute Gasteiger partial charge is 0.492 e. The predicted octanol–water partition coefficient (Wildman–Crippen LogP) is 1.31. The lowest BCUT2D eigenvalue weighted by atomic mass is 10.0. The van der Waals surface area contributed by atoms with Gasteiger partial charge in [-0.05, 0) is 30.2 Å². The monoisotopic (exact) mass is 528 g/mol. The minimum Gasteiger partial charge on any atom is -0.492 e. The van der Waals surface area contributed by atoms with Crippen molar-refractivity contribution in [2.24, 2.45) is 7.05 Å². The Kier molecular flexibility index (Phi) is 5.74. The minimum atomic E-state index is -1.61. The van der Waals surface area contributed by atoms with E-state index in [0.717, 1.165) is 28.0 Å². The molecule has 6 rings (SSSR count). The van der Waals surface area contributed by atoms with Gasteiger partial charge in [-0.1, -0.05) is 0 Å². The van der Waals surface area contributed by atoms with E-state index in [2.05, 4.69) is 10.1 Å². The molecule has 0 radical (unpaired) electrons. The molecule has 13 heteroatoms. The van der Waals surface area contributed by atoms with E-state index in [1.54, 1.807) is 13.1 Å². The molecule has 1 saturated heterocycles. The zero-order valence-electron chi connectivity index (χ0n) is 20.3. The maximum absolute atomic E-state index is 14.0. The highest BCUT2D eigenvalue weighted by molar-refractivity contribution is 5.92. The van der Waals surface area contributed by atoms with Gasteiger partial charge >= 0.3 is 5.69 Å². The number of aliphatic hydroxyl groups is 1. The van der Waals surface area contributed by atoms with Crippen molar-refractivity contribution in [1.29, 1.82) is 0 Å². The van der Waals surface area contributed by atoms with Crippen molar-refractivity contribution >= 4 is 16.6 Å². The van der Waals surface area contributed by atoms with Crippen LogP contribution in [-0.4, -0.2) is 54.8 Å². The van der Waals surface area contributed by atoms with E-state index in [1.807, 2.05) is 4.90 Å². The van der Waals surface area contributed by atoms with Gasteiger partial charge in [0, 0.05) is 37.8 Å². The Balaban J connectivity index is 1.62. The molecule has 1 atom stereocenters. The lowest BCUT2D eigenvalue weighted by Gasteiger charge is -2.23. The zero-order chi connectivity index (χ0) is 26.7. The number of rotatable bonds is 5. The molecule has 4 aromatic rings. The van der Waals surface area contributed by atoms with Gasteiger partial charge in [-0.25, -0.2) is 22.9 Å². The number of hydrogen-bond donors (Lipinski definition) is 1. The summed E-state index contributed by atoms with van der Waals surface area (Å²) in [5.41, 5.74) is 0.324. The number of benzene rings is 2. The summed E-state index contributed by atoms with van der Waals surface area (Å²) >= 11 is 0. The molecule has 0 saturated carbocycles. The lowest BCUT2D eigenvalue weighted by molar-refractivity contribution is 0.198. The van der Waals surface area contributed by atoms with Crippen LogP contribution in [0.2, 0.25) is 0 Å². The second-order valence-electron chi connectivity index (χ2n) is 9.55. The van der Waals surface area contributed by atoms with Crippen LogP contribution in [0.1, 0.15) is 23.4 Å². The molecule has 0 spiro atoms. The smallest absolute Gasteiger partial charge is 0.332 e. The second-order valence-corrected chi connectivity index (χ2v) is 9.55. The molecule has 0 unspecified atom stereocenters. The first-order valence-corrected chi connectivity index (χ1v) is 12.1. The summed E-state index contributed by atoms with van der Waals surface area (Å²) in [5, 5.41) is 14.4. The van der Waals surface area contributed by atoms with Crippen molar-refractivity contribution in [3.05, 3.63) is 79.8 Å². The molecule has 0 amide bonds. The van der Waals surface area contributed by atoms with Crippen LogP contribution < -0.4 is 20.9 Å². The third-order valence-electron chi connectivity index (χ3n) is 6.98. The van der Waals surface area contributed by atoms with Gasteiger partial charge in [-0.3, -0.25) is 18.6 Å². The van der Waals surface area contributed by atoms with Crippen LogP contribution in [0.5, 0.6) is 5.75 Å². The molecule has 2 aliphatic rings. The Hall–Kier alpha value is -4.13. The van der Waals surface area contributed by atoms with Crippen LogP contribution in [-0.2, 0) is 26.6 Å². The minimum absolute atomic E-state index is 0.00878. The number of halogens is 3. The Morgan fingerprint density at radius 1 is 1.11 bits per heavy atom. The van der Waals surface area contributed by atoms with E-state index in [4.69, 9.17) is 4.74 Å². The maximum atomic E-state index is 14.0. The van der Waals surface area contributed by atoms with Crippen LogP contribution in [0, 0.1) is 17.5 Å². The van der Waals surface area contributed by atoms with Gasteiger partial charge < -0.3 is 14.7 Å². The van der Waals surface area contributed by atoms with Crippen LogP contribution in [0.4, 0.5) is 18.9 Å². The number of aryl methyl sites for hydroxylation is 1. The second kappa shape index (κ2) is 9.01. The van der Waals surface area contributed by atoms with Crippen LogP contribution in [0.15, 0.2) is 34.1 Å². The van der Waals surface area contributed by atoms with Gasteiger partial charge in [0.05, 0.1) is 31.3 Å². The number of ether oxygens (including phenoxy) is 1. The summed E-state index contributed by atoms with van der Waals surface area (Å²) in [6.07, 6.45) is 2.01. The van der Waals surface area contributed by atoms with Gasteiger partial charge in [0.25, 0.3) is 5.56 Å². The van der Waals surface area contributed by atoms with Gasteiger partial charge in [0.15, 0.2) is 23.3 Å². The van der Waals surface area contributed by atoms with Crippen molar-refractivity contribution in [2.45, 2.75) is 32.0 Å². The highest BCUT2D eigenvalue weighted by atomic mass is 19.2. The lowest BCUT2D eigenvalue weighted by Crippen LogP contribution is -2.41. The number of nitrogens with zero attached hydrogens (tertiary/aromatic N) is 6. The standard InChI is InChI=1S/C25H23F3N6O4/c1-31-12-29-20(30-31)11-34-24(36)21-19(33(25(34)37)9-13-6-16(26)22(28)17(27)7-13)8-18(15-3-5-38-23(15)21)32-4-2-14(35)10-32/h6-8,12,14,35H,2-5,9-11H2,1H3/t14-/m1/s1. The van der Waals surface area contributed by atoms with Crippen molar-refractivity contribution in [1.82, 2.24) is 23.9 Å². The number of aromatic nitrogens is 5. The van der Waals surface area contributed by atoms with Crippen molar-refractivity contribution in [2.75, 3.05) is 24.6 Å². The first-order chi connectivity index (χ1) is 18.2. The number of aliphatic hydroxyl groups excluding tert-OH is 1. The molecule has 0 bridgehead atoms. The average molecular weight is 528 g/mol. The van der Waals surface area contributed by atoms with E-state index < -0.39 is 34.8 Å². The Morgan fingerprint density at radius 2 is 1.87 bits per heavy atom. The van der Waals surface area contributed by atoms with E-state index >= 15 is 0 Å². The van der Waals surface area contributed by atoms with Gasteiger partial charge in [0.1, 0.15) is 17.5 Å². The molecule has 198 valence electrons. The Bertz CT molecular complexity index is 1690. The SMILES string of the molecule is Cn1cnc(Cn2c(=O)c3c4c(c(N5CC[C@@H](O)C5)cc3n(Cc3cc(F)c(F)c(F)c3)c2=O)CCO4)n1. The van der Waals surface area contributed by atoms with E-state index in [1.165, 1.54) is 15.6 Å². The van der Waals surface area contributed by atoms with Gasteiger partial charge in [-0.2, -0.15) is 5.10 Å². The first-order valence-electron chi connectivity index (χ1n) is 12.1. The van der Waals surface area contributed by atoms with Crippen LogP contribution in [0.25, 0.3) is 10.9 Å². The Morgan fingerprint density at radius 3 is 2.53 bits per heavy atom. The van der Waals surface area contributed by atoms with Crippen molar-refractivity contribution in [3.63, 3.8) is 0 Å². The van der Waals surface area contributed by atoms with E-state index in [-0.39, 0.29) is 35.4 Å². The molecule has 2 aromatic carbocycles. The molecule has 2 aromatic heterocycles. The molecular formula is C25H23F3N6O4. The molecular weight excluding hydrogens is 505 g/mol. The van der Waals surface area contributed by atoms with Gasteiger partial charge in [-0.15, -0.1) is 0 Å². The fraction of sp³-hybridized carbons (Fsp3) is 0.360. The maximum Gasteiger partial charge on any atom is 0.332 e. The molecule has 1 N–H and O–H groups in total. The first kappa shape index (κ1) is 24.2. The third kappa shape index (κ3) is 3.93. The highest BCUT2D eigenvalue weighted by Gasteiger charge is 2.30. The molecule has 38 heavy (non-hydrogen) atoms. The number of anilines is 1. The van der Waals surface area contributed by atoms with E-state index in [0.29, 0.717) is 38.3 Å². The quantitative estimate of drug-likeness (QED) is 0.390. The summed E-state index contributed by atoms with van der Waals surface area (Å²) in [5.74, 6) is -3.84. The summed E-state index contributed by atoms with van der Waals surface area (Å²) in [6, 6.07) is 3.31. The topological polar surface area (TPSA) is 107 Å². The Labute approximate surface area is 213 Å².